The molecule has 0 radical (unpaired) electrons. The second-order valence-corrected chi connectivity index (χ2v) is 11.4. The van der Waals surface area contributed by atoms with Crippen molar-refractivity contribution < 1.29 is 14.3 Å². The second-order valence-electron chi connectivity index (χ2n) is 10.6. The van der Waals surface area contributed by atoms with E-state index in [4.69, 9.17) is 32.9 Å². The number of carbonyl (C=O) groups is 2. The predicted molar refractivity (Wildman–Crippen MR) is 166 cm³/mol. The molecular weight excluding hydrogens is 589 g/mol. The maximum atomic E-state index is 14.2. The van der Waals surface area contributed by atoms with Gasteiger partial charge in [-0.1, -0.05) is 41.4 Å². The standard InChI is InChI=1S/C32H29Cl2N5O4/c1-18-15-23-27(17-38(18)30(41)20-9-12-24(33)25(34)16-20)37-32(36-26-13-14-43-28-6-4-3-5-22(26)28)39(31(23)42)21-10-7-19(8-11-21)29(40)35-2/h3-12,16,18,26H,13-15,17H2,1-2H3,(H,35,40)(H,36,37)/t18-,26?/m1/s1. The monoisotopic (exact) mass is 617 g/mol. The number of nitrogens with one attached hydrogen (secondary N) is 2. The molecule has 1 unspecified atom stereocenters. The third-order valence-corrected chi connectivity index (χ3v) is 8.66. The molecule has 11 heteroatoms. The maximum absolute atomic E-state index is 14.2. The van der Waals surface area contributed by atoms with E-state index >= 15 is 0 Å². The molecule has 43 heavy (non-hydrogen) atoms. The van der Waals surface area contributed by atoms with Gasteiger partial charge in [0.2, 0.25) is 5.95 Å². The average molecular weight is 619 g/mol. The topological polar surface area (TPSA) is 106 Å². The van der Waals surface area contributed by atoms with Crippen LogP contribution in [0.25, 0.3) is 5.69 Å². The summed E-state index contributed by atoms with van der Waals surface area (Å²) in [6, 6.07) is 18.9. The highest BCUT2D eigenvalue weighted by molar-refractivity contribution is 6.42. The number of rotatable bonds is 5. The molecule has 0 fully saturated rings. The fourth-order valence-electron chi connectivity index (χ4n) is 5.62. The van der Waals surface area contributed by atoms with Crippen LogP contribution in [0.2, 0.25) is 10.0 Å². The van der Waals surface area contributed by atoms with E-state index < -0.39 is 0 Å². The van der Waals surface area contributed by atoms with E-state index in [2.05, 4.69) is 10.6 Å². The van der Waals surface area contributed by atoms with E-state index in [0.717, 1.165) is 11.3 Å². The van der Waals surface area contributed by atoms with Gasteiger partial charge in [0.15, 0.2) is 0 Å². The number of aromatic nitrogens is 2. The van der Waals surface area contributed by atoms with E-state index in [9.17, 15) is 14.4 Å². The Morgan fingerprint density at radius 1 is 1.00 bits per heavy atom. The van der Waals surface area contributed by atoms with Crippen molar-refractivity contribution in [2.75, 3.05) is 19.0 Å². The number of ether oxygens (including phenoxy) is 1. The molecule has 2 atom stereocenters. The number of carbonyl (C=O) groups excluding carboxylic acids is 2. The number of hydrogen-bond acceptors (Lipinski definition) is 6. The van der Waals surface area contributed by atoms with Crippen LogP contribution in [0.1, 0.15) is 56.9 Å². The normalized spacial score (nSPS) is 17.3. The number of amides is 2. The summed E-state index contributed by atoms with van der Waals surface area (Å²) in [6.07, 6.45) is 0.990. The summed E-state index contributed by atoms with van der Waals surface area (Å²) in [5.74, 6) is 0.676. The summed E-state index contributed by atoms with van der Waals surface area (Å²) in [4.78, 5) is 46.6. The van der Waals surface area contributed by atoms with Crippen molar-refractivity contribution in [3.63, 3.8) is 0 Å². The summed E-state index contributed by atoms with van der Waals surface area (Å²) in [5.41, 5.74) is 3.25. The zero-order valence-corrected chi connectivity index (χ0v) is 25.1. The molecule has 220 valence electrons. The van der Waals surface area contributed by atoms with E-state index in [1.54, 1.807) is 59.0 Å². The third kappa shape index (κ3) is 5.46. The molecule has 6 rings (SSSR count). The van der Waals surface area contributed by atoms with Gasteiger partial charge in [-0.05, 0) is 61.9 Å². The molecule has 0 spiro atoms. The van der Waals surface area contributed by atoms with E-state index in [1.807, 2.05) is 31.2 Å². The Morgan fingerprint density at radius 2 is 1.74 bits per heavy atom. The van der Waals surface area contributed by atoms with Gasteiger partial charge in [-0.25, -0.2) is 9.55 Å². The number of anilines is 1. The first-order valence-corrected chi connectivity index (χ1v) is 14.7. The average Bonchev–Trinajstić information content (AvgIpc) is 3.02. The van der Waals surface area contributed by atoms with E-state index in [0.29, 0.717) is 63.5 Å². The van der Waals surface area contributed by atoms with E-state index in [-0.39, 0.29) is 36.0 Å². The number of para-hydroxylation sites is 1. The van der Waals surface area contributed by atoms with Crippen molar-refractivity contribution in [3.8, 4) is 11.4 Å². The van der Waals surface area contributed by atoms with Gasteiger partial charge in [0.1, 0.15) is 5.75 Å². The zero-order chi connectivity index (χ0) is 30.2. The van der Waals surface area contributed by atoms with Crippen LogP contribution in [0, 0.1) is 0 Å². The Hall–Kier alpha value is -4.34. The molecule has 0 saturated heterocycles. The van der Waals surface area contributed by atoms with Crippen LogP contribution in [0.15, 0.2) is 71.5 Å². The smallest absolute Gasteiger partial charge is 0.263 e. The van der Waals surface area contributed by atoms with Crippen LogP contribution < -0.4 is 20.9 Å². The number of hydrogen-bond donors (Lipinski definition) is 2. The van der Waals surface area contributed by atoms with Crippen molar-refractivity contribution in [1.82, 2.24) is 19.8 Å². The highest BCUT2D eigenvalue weighted by Gasteiger charge is 2.33. The molecule has 2 amide bonds. The molecule has 0 aliphatic carbocycles. The minimum atomic E-state index is -0.269. The Morgan fingerprint density at radius 3 is 2.49 bits per heavy atom. The largest absolute Gasteiger partial charge is 0.493 e. The highest BCUT2D eigenvalue weighted by Crippen LogP contribution is 2.35. The molecule has 9 nitrogen and oxygen atoms in total. The van der Waals surface area contributed by atoms with Gasteiger partial charge in [-0.2, -0.15) is 0 Å². The Balaban J connectivity index is 1.43. The zero-order valence-electron chi connectivity index (χ0n) is 23.6. The summed E-state index contributed by atoms with van der Waals surface area (Å²) in [5, 5.41) is 6.78. The number of fused-ring (bicyclic) bond motifs is 2. The van der Waals surface area contributed by atoms with Crippen LogP contribution >= 0.6 is 23.2 Å². The van der Waals surface area contributed by atoms with Gasteiger partial charge in [-0.3, -0.25) is 14.4 Å². The van der Waals surface area contributed by atoms with Crippen molar-refractivity contribution >= 4 is 41.0 Å². The number of nitrogens with zero attached hydrogens (tertiary/aromatic N) is 3. The first-order chi connectivity index (χ1) is 20.7. The second kappa shape index (κ2) is 11.7. The third-order valence-electron chi connectivity index (χ3n) is 7.92. The van der Waals surface area contributed by atoms with Gasteiger partial charge in [0.05, 0.1) is 40.6 Å². The molecule has 4 aromatic rings. The number of halogens is 2. The van der Waals surface area contributed by atoms with Crippen molar-refractivity contribution in [2.45, 2.75) is 38.4 Å². The Bertz CT molecular complexity index is 1790. The molecule has 2 N–H and O–H groups in total. The minimum Gasteiger partial charge on any atom is -0.493 e. The summed E-state index contributed by atoms with van der Waals surface area (Å²) < 4.78 is 7.40. The lowest BCUT2D eigenvalue weighted by Gasteiger charge is -2.35. The summed E-state index contributed by atoms with van der Waals surface area (Å²) >= 11 is 12.3. The molecule has 2 aliphatic rings. The molecule has 3 heterocycles. The number of benzene rings is 3. The summed E-state index contributed by atoms with van der Waals surface area (Å²) in [6.45, 7) is 2.57. The van der Waals surface area contributed by atoms with E-state index in [1.165, 1.54) is 0 Å². The van der Waals surface area contributed by atoms with Crippen molar-refractivity contribution in [2.24, 2.45) is 0 Å². The lowest BCUT2D eigenvalue weighted by atomic mass is 9.98. The molecule has 0 bridgehead atoms. The SMILES string of the molecule is CNC(=O)c1ccc(-n2c(NC3CCOc4ccccc43)nc3c(c2=O)C[C@@H](C)N(C(=O)c2ccc(Cl)c(Cl)c2)C3)cc1. The van der Waals surface area contributed by atoms with Crippen molar-refractivity contribution in [3.05, 3.63) is 115 Å². The van der Waals surface area contributed by atoms with Crippen LogP contribution in [-0.4, -0.2) is 46.0 Å². The fraction of sp³-hybridized carbons (Fsp3) is 0.250. The molecule has 1 aromatic heterocycles. The van der Waals surface area contributed by atoms with Crippen LogP contribution in [0.4, 0.5) is 5.95 Å². The van der Waals surface area contributed by atoms with Crippen LogP contribution in [0.5, 0.6) is 5.75 Å². The van der Waals surface area contributed by atoms with Gasteiger partial charge < -0.3 is 20.3 Å². The predicted octanol–water partition coefficient (Wildman–Crippen LogP) is 5.42. The maximum Gasteiger partial charge on any atom is 0.263 e. The van der Waals surface area contributed by atoms with Crippen LogP contribution in [-0.2, 0) is 13.0 Å². The highest BCUT2D eigenvalue weighted by atomic mass is 35.5. The molecule has 0 saturated carbocycles. The Kier molecular flexibility index (Phi) is 7.85. The van der Waals surface area contributed by atoms with Crippen LogP contribution in [0.3, 0.4) is 0 Å². The lowest BCUT2D eigenvalue weighted by molar-refractivity contribution is 0.0653. The van der Waals surface area contributed by atoms with Gasteiger partial charge in [0, 0.05) is 41.8 Å². The van der Waals surface area contributed by atoms with Gasteiger partial charge in [0.25, 0.3) is 17.4 Å². The first-order valence-electron chi connectivity index (χ1n) is 14.0. The van der Waals surface area contributed by atoms with Gasteiger partial charge in [-0.15, -0.1) is 0 Å². The molecule has 3 aromatic carbocycles. The fourth-order valence-corrected chi connectivity index (χ4v) is 5.91. The lowest BCUT2D eigenvalue weighted by Crippen LogP contribution is -2.46. The first kappa shape index (κ1) is 28.8. The Labute approximate surface area is 258 Å². The van der Waals surface area contributed by atoms with Gasteiger partial charge >= 0.3 is 0 Å². The molecule has 2 aliphatic heterocycles. The van der Waals surface area contributed by atoms with Crippen molar-refractivity contribution in [1.29, 1.82) is 0 Å². The molecular formula is C32H29Cl2N5O4. The summed E-state index contributed by atoms with van der Waals surface area (Å²) in [7, 11) is 1.57. The quantitative estimate of drug-likeness (QED) is 0.310. The minimum absolute atomic E-state index is 0.153.